The molecule has 3 heterocycles. The molecule has 0 radical (unpaired) electrons. The lowest BCUT2D eigenvalue weighted by molar-refractivity contribution is -0.125. The quantitative estimate of drug-likeness (QED) is 0.801. The summed E-state index contributed by atoms with van der Waals surface area (Å²) in [5.74, 6) is -1.91. The fraction of sp³-hybridized carbons (Fsp3) is 0.500. The van der Waals surface area contributed by atoms with Gasteiger partial charge in [-0.2, -0.15) is 8.78 Å². The maximum atomic E-state index is 12.7. The SMILES string of the molecule is Cc1ccc(N2C(=O)[C@@H]3[C@H](C2=O)[C@@H]2CC[C@@H]3O2)c(OC(F)F)c1. The van der Waals surface area contributed by atoms with Crippen LogP contribution in [-0.2, 0) is 14.3 Å². The molecule has 4 atom stereocenters. The smallest absolute Gasteiger partial charge is 0.387 e. The number of carbonyl (C=O) groups excluding carboxylic acids is 2. The van der Waals surface area contributed by atoms with Crippen LogP contribution in [0, 0.1) is 18.8 Å². The molecule has 5 nitrogen and oxygen atoms in total. The number of hydrogen-bond acceptors (Lipinski definition) is 4. The van der Waals surface area contributed by atoms with Crippen LogP contribution in [0.15, 0.2) is 18.2 Å². The highest BCUT2D eigenvalue weighted by atomic mass is 19.3. The van der Waals surface area contributed by atoms with Crippen molar-refractivity contribution in [1.29, 1.82) is 0 Å². The van der Waals surface area contributed by atoms with E-state index in [9.17, 15) is 18.4 Å². The first-order valence-electron chi connectivity index (χ1n) is 7.56. The summed E-state index contributed by atoms with van der Waals surface area (Å²) >= 11 is 0. The van der Waals surface area contributed by atoms with Gasteiger partial charge in [-0.15, -0.1) is 0 Å². The van der Waals surface area contributed by atoms with E-state index in [4.69, 9.17) is 4.74 Å². The molecule has 0 unspecified atom stereocenters. The third kappa shape index (κ3) is 2.06. The number of carbonyl (C=O) groups is 2. The first-order valence-corrected chi connectivity index (χ1v) is 7.56. The van der Waals surface area contributed by atoms with E-state index in [2.05, 4.69) is 4.74 Å². The fourth-order valence-corrected chi connectivity index (χ4v) is 3.95. The second-order valence-electron chi connectivity index (χ2n) is 6.20. The van der Waals surface area contributed by atoms with Crippen LogP contribution in [0.5, 0.6) is 5.75 Å². The summed E-state index contributed by atoms with van der Waals surface area (Å²) in [7, 11) is 0. The zero-order chi connectivity index (χ0) is 16.3. The largest absolute Gasteiger partial charge is 0.433 e. The lowest BCUT2D eigenvalue weighted by atomic mass is 9.81. The molecular formula is C16H15F2NO4. The standard InChI is InChI=1S/C16H15F2NO4/c1-7-2-3-8(11(6-7)23-16(17)18)19-14(20)12-9-4-5-10(22-9)13(12)15(19)21/h2-3,6,9-10,12-13,16H,4-5H2,1H3/t9-,10-,12-,13+/m0/s1. The van der Waals surface area contributed by atoms with Gasteiger partial charge in [0.05, 0.1) is 29.7 Å². The fourth-order valence-electron chi connectivity index (χ4n) is 3.95. The second-order valence-corrected chi connectivity index (χ2v) is 6.20. The molecule has 0 saturated carbocycles. The summed E-state index contributed by atoms with van der Waals surface area (Å²) in [6.07, 6.45) is 1.03. The molecule has 3 fully saturated rings. The Kier molecular flexibility index (Phi) is 3.16. The van der Waals surface area contributed by atoms with E-state index in [0.29, 0.717) is 5.56 Å². The predicted octanol–water partition coefficient (Wildman–Crippen LogP) is 2.26. The van der Waals surface area contributed by atoms with Crippen molar-refractivity contribution in [3.05, 3.63) is 23.8 Å². The minimum absolute atomic E-state index is 0.0831. The Morgan fingerprint density at radius 2 is 1.78 bits per heavy atom. The Balaban J connectivity index is 1.74. The van der Waals surface area contributed by atoms with Crippen molar-refractivity contribution in [2.75, 3.05) is 4.90 Å². The van der Waals surface area contributed by atoms with Crippen molar-refractivity contribution in [2.24, 2.45) is 11.8 Å². The highest BCUT2D eigenvalue weighted by molar-refractivity contribution is 6.23. The van der Waals surface area contributed by atoms with Crippen LogP contribution in [0.3, 0.4) is 0 Å². The average Bonchev–Trinajstić information content (AvgIpc) is 3.14. The molecule has 23 heavy (non-hydrogen) atoms. The molecule has 4 rings (SSSR count). The van der Waals surface area contributed by atoms with E-state index in [-0.39, 0.29) is 35.5 Å². The Bertz CT molecular complexity index is 665. The van der Waals surface area contributed by atoms with E-state index in [1.807, 2.05) is 0 Å². The molecule has 1 aromatic carbocycles. The number of benzene rings is 1. The van der Waals surface area contributed by atoms with Crippen molar-refractivity contribution in [1.82, 2.24) is 0 Å². The topological polar surface area (TPSA) is 55.8 Å². The number of alkyl halides is 2. The van der Waals surface area contributed by atoms with Crippen molar-refractivity contribution < 1.29 is 27.8 Å². The number of rotatable bonds is 3. The zero-order valence-electron chi connectivity index (χ0n) is 12.4. The van der Waals surface area contributed by atoms with E-state index in [1.165, 1.54) is 12.1 Å². The molecular weight excluding hydrogens is 308 g/mol. The van der Waals surface area contributed by atoms with Gasteiger partial charge in [0, 0.05) is 0 Å². The predicted molar refractivity (Wildman–Crippen MR) is 75.2 cm³/mol. The maximum Gasteiger partial charge on any atom is 0.387 e. The summed E-state index contributed by atoms with van der Waals surface area (Å²) in [5, 5.41) is 0. The molecule has 0 N–H and O–H groups in total. The van der Waals surface area contributed by atoms with Gasteiger partial charge in [0.2, 0.25) is 11.8 Å². The van der Waals surface area contributed by atoms with Gasteiger partial charge < -0.3 is 9.47 Å². The zero-order valence-corrected chi connectivity index (χ0v) is 12.4. The van der Waals surface area contributed by atoms with E-state index < -0.39 is 18.4 Å². The number of nitrogens with zero attached hydrogens (tertiary/aromatic N) is 1. The first-order chi connectivity index (χ1) is 11.0. The monoisotopic (exact) mass is 323 g/mol. The second kappa shape index (κ2) is 4.99. The van der Waals surface area contributed by atoms with Crippen molar-refractivity contribution in [3.63, 3.8) is 0 Å². The Morgan fingerprint density at radius 3 is 2.35 bits per heavy atom. The molecule has 0 spiro atoms. The van der Waals surface area contributed by atoms with Crippen LogP contribution < -0.4 is 9.64 Å². The minimum atomic E-state index is -3.03. The summed E-state index contributed by atoms with van der Waals surface area (Å²) in [6, 6.07) is 4.54. The van der Waals surface area contributed by atoms with Crippen LogP contribution in [0.4, 0.5) is 14.5 Å². The molecule has 3 aliphatic rings. The number of aryl methyl sites for hydroxylation is 1. The van der Waals surface area contributed by atoms with Crippen molar-refractivity contribution in [2.45, 2.75) is 38.6 Å². The van der Waals surface area contributed by atoms with Gasteiger partial charge in [0.25, 0.3) is 0 Å². The molecule has 2 amide bonds. The van der Waals surface area contributed by atoms with Gasteiger partial charge in [-0.1, -0.05) is 6.07 Å². The summed E-state index contributed by atoms with van der Waals surface area (Å²) in [5.41, 5.74) is 0.784. The molecule has 3 saturated heterocycles. The van der Waals surface area contributed by atoms with Gasteiger partial charge in [-0.3, -0.25) is 9.59 Å². The normalized spacial score (nSPS) is 32.1. The van der Waals surface area contributed by atoms with Gasteiger partial charge in [0.15, 0.2) is 5.75 Å². The van der Waals surface area contributed by atoms with Crippen LogP contribution in [-0.4, -0.2) is 30.6 Å². The Hall–Kier alpha value is -2.02. The maximum absolute atomic E-state index is 12.7. The number of hydrogen-bond donors (Lipinski definition) is 0. The van der Waals surface area contributed by atoms with Crippen LogP contribution in [0.25, 0.3) is 0 Å². The van der Waals surface area contributed by atoms with Gasteiger partial charge in [0.1, 0.15) is 0 Å². The third-order valence-electron chi connectivity index (χ3n) is 4.86. The summed E-state index contributed by atoms with van der Waals surface area (Å²) in [6.45, 7) is -1.30. The molecule has 7 heteroatoms. The molecule has 3 aliphatic heterocycles. The Labute approximate surface area is 131 Å². The van der Waals surface area contributed by atoms with Gasteiger partial charge >= 0.3 is 6.61 Å². The highest BCUT2D eigenvalue weighted by Gasteiger charge is 2.62. The Morgan fingerprint density at radius 1 is 1.17 bits per heavy atom. The molecule has 0 aromatic heterocycles. The lowest BCUT2D eigenvalue weighted by Gasteiger charge is -2.20. The molecule has 1 aromatic rings. The van der Waals surface area contributed by atoms with Crippen molar-refractivity contribution >= 4 is 17.5 Å². The van der Waals surface area contributed by atoms with E-state index >= 15 is 0 Å². The third-order valence-corrected chi connectivity index (χ3v) is 4.86. The summed E-state index contributed by atoms with van der Waals surface area (Å²) in [4.78, 5) is 26.4. The minimum Gasteiger partial charge on any atom is -0.433 e. The number of imide groups is 1. The summed E-state index contributed by atoms with van der Waals surface area (Å²) < 4.78 is 35.5. The number of amides is 2. The number of ether oxygens (including phenoxy) is 2. The van der Waals surface area contributed by atoms with Crippen molar-refractivity contribution in [3.8, 4) is 5.75 Å². The molecule has 122 valence electrons. The van der Waals surface area contributed by atoms with Crippen LogP contribution in [0.2, 0.25) is 0 Å². The van der Waals surface area contributed by atoms with E-state index in [1.54, 1.807) is 13.0 Å². The first kappa shape index (κ1) is 14.6. The number of anilines is 1. The van der Waals surface area contributed by atoms with Crippen LogP contribution >= 0.6 is 0 Å². The number of halogens is 2. The average molecular weight is 323 g/mol. The molecule has 2 bridgehead atoms. The van der Waals surface area contributed by atoms with E-state index in [0.717, 1.165) is 17.7 Å². The highest BCUT2D eigenvalue weighted by Crippen LogP contribution is 2.50. The number of fused-ring (bicyclic) bond motifs is 5. The van der Waals surface area contributed by atoms with Crippen LogP contribution in [0.1, 0.15) is 18.4 Å². The lowest BCUT2D eigenvalue weighted by Crippen LogP contribution is -2.34. The molecule has 0 aliphatic carbocycles. The van der Waals surface area contributed by atoms with Gasteiger partial charge in [-0.05, 0) is 37.5 Å². The van der Waals surface area contributed by atoms with Gasteiger partial charge in [-0.25, -0.2) is 4.90 Å².